The van der Waals surface area contributed by atoms with E-state index in [1.54, 1.807) is 0 Å². The van der Waals surface area contributed by atoms with Gasteiger partial charge in [0, 0.05) is 20.8 Å². The molecular formula is C42H66Cl3NO10. The minimum absolute atomic E-state index is 0.190. The zero-order chi connectivity index (χ0) is 41.2. The van der Waals surface area contributed by atoms with Crippen LogP contribution in [0.1, 0.15) is 132 Å². The first-order valence-corrected chi connectivity index (χ1v) is 22.1. The van der Waals surface area contributed by atoms with E-state index >= 15 is 0 Å². The fourth-order valence-corrected chi connectivity index (χ4v) is 12.2. The molecular weight excluding hydrogens is 785 g/mol. The van der Waals surface area contributed by atoms with Gasteiger partial charge in [0.05, 0.1) is 6.10 Å². The number of carbonyl (C=O) groups excluding carboxylic acids is 4. The van der Waals surface area contributed by atoms with Crippen molar-refractivity contribution in [2.75, 3.05) is 13.2 Å². The number of rotatable bonds is 13. The predicted molar refractivity (Wildman–Crippen MR) is 213 cm³/mol. The molecule has 4 saturated carbocycles. The molecule has 14 heteroatoms. The van der Waals surface area contributed by atoms with Gasteiger partial charge in [0.15, 0.2) is 18.5 Å². The van der Waals surface area contributed by atoms with E-state index in [1.807, 2.05) is 0 Å². The summed E-state index contributed by atoms with van der Waals surface area (Å²) in [5, 5.41) is 2.67. The zero-order valence-electron chi connectivity index (χ0n) is 34.6. The maximum Gasteiger partial charge on any atom is 0.407 e. The third-order valence-corrected chi connectivity index (χ3v) is 14.8. The van der Waals surface area contributed by atoms with Gasteiger partial charge in [-0.15, -0.1) is 0 Å². The number of hydrogen-bond acceptors (Lipinski definition) is 10. The van der Waals surface area contributed by atoms with Crippen LogP contribution in [0, 0.1) is 52.3 Å². The highest BCUT2D eigenvalue weighted by Crippen LogP contribution is 2.68. The van der Waals surface area contributed by atoms with Gasteiger partial charge < -0.3 is 33.7 Å². The van der Waals surface area contributed by atoms with Crippen LogP contribution in [0.3, 0.4) is 0 Å². The molecule has 4 aliphatic carbocycles. The Morgan fingerprint density at radius 2 is 1.46 bits per heavy atom. The second kappa shape index (κ2) is 18.8. The lowest BCUT2D eigenvalue weighted by Crippen LogP contribution is -2.67. The highest BCUT2D eigenvalue weighted by atomic mass is 35.6. The number of alkyl carbamates (subject to hydrolysis) is 1. The Kier molecular flexibility index (Phi) is 15.3. The Hall–Kier alpha value is -1.53. The van der Waals surface area contributed by atoms with Gasteiger partial charge in [-0.2, -0.15) is 0 Å². The van der Waals surface area contributed by atoms with Crippen molar-refractivity contribution in [3.05, 3.63) is 0 Å². The molecule has 0 aromatic rings. The summed E-state index contributed by atoms with van der Waals surface area (Å²) in [7, 11) is 0. The summed E-state index contributed by atoms with van der Waals surface area (Å²) in [5.41, 5.74) is 0.614. The standard InChI is InChI=1S/C42H66Cl3NO10/c1-23(2)10-9-11-24(3)31-14-15-32-30-13-12-28-20-29(16-18-40(28,7)33(30)17-19-41(31,32)8)55-38-35(46-39(50)52-22-42(43,44)45)37(54-27(6)49)36(53-26(5)48)34(56-38)21-51-25(4)47/h23-24,28-38H,9-22H2,1-8H3,(H,46,50)/t24-,28-,29+,30+,31-,32+,33+,34-,35-,36-,37-,38-,40+,41-/m1/s1. The highest BCUT2D eigenvalue weighted by molar-refractivity contribution is 6.67. The van der Waals surface area contributed by atoms with Crippen molar-refractivity contribution in [3.63, 3.8) is 0 Å². The van der Waals surface area contributed by atoms with Gasteiger partial charge >= 0.3 is 24.0 Å². The molecule has 0 unspecified atom stereocenters. The van der Waals surface area contributed by atoms with E-state index in [9.17, 15) is 19.2 Å². The quantitative estimate of drug-likeness (QED) is 0.0828. The Morgan fingerprint density at radius 1 is 0.804 bits per heavy atom. The third-order valence-electron chi connectivity index (χ3n) is 14.5. The molecule has 1 N–H and O–H groups in total. The van der Waals surface area contributed by atoms with E-state index in [0.717, 1.165) is 55.3 Å². The number of nitrogens with one attached hydrogen (secondary N) is 1. The van der Waals surface area contributed by atoms with E-state index in [-0.39, 0.29) is 18.1 Å². The van der Waals surface area contributed by atoms with Gasteiger partial charge in [0.1, 0.15) is 25.4 Å². The SMILES string of the molecule is CC(=O)OC[C@H]1O[C@@H](O[C@H]2CC[C@@]3(C)[C@H](CC[C@@H]4[C@@H]3CC[C@]3(C)[C@@H]([C@H](C)CCCC(C)C)CC[C@@H]43)C2)[C@H](NC(=O)OCC(Cl)(Cl)Cl)[C@@H](OC(C)=O)[C@@H]1OC(C)=O. The molecule has 0 aromatic heterocycles. The molecule has 1 heterocycles. The van der Waals surface area contributed by atoms with Crippen molar-refractivity contribution in [1.82, 2.24) is 5.32 Å². The summed E-state index contributed by atoms with van der Waals surface area (Å²) in [5.74, 6) is 3.02. The first-order chi connectivity index (χ1) is 26.2. The number of amides is 1. The molecule has 5 fully saturated rings. The molecule has 14 atom stereocenters. The molecule has 0 radical (unpaired) electrons. The average Bonchev–Trinajstić information content (AvgIpc) is 3.45. The summed E-state index contributed by atoms with van der Waals surface area (Å²) in [6, 6.07) is -1.21. The molecule has 1 amide bonds. The predicted octanol–water partition coefficient (Wildman–Crippen LogP) is 9.11. The second-order valence-electron chi connectivity index (χ2n) is 18.6. The fourth-order valence-electron chi connectivity index (χ4n) is 12.1. The topological polar surface area (TPSA) is 136 Å². The molecule has 1 aliphatic heterocycles. The van der Waals surface area contributed by atoms with Crippen molar-refractivity contribution in [2.45, 2.75) is 173 Å². The van der Waals surface area contributed by atoms with Crippen LogP contribution in [0.4, 0.5) is 4.79 Å². The number of hydrogen-bond donors (Lipinski definition) is 1. The second-order valence-corrected chi connectivity index (χ2v) is 21.1. The lowest BCUT2D eigenvalue weighted by Gasteiger charge is -2.61. The summed E-state index contributed by atoms with van der Waals surface area (Å²) in [4.78, 5) is 49.8. The largest absolute Gasteiger partial charge is 0.463 e. The van der Waals surface area contributed by atoms with Crippen LogP contribution >= 0.6 is 34.8 Å². The number of carbonyl (C=O) groups is 4. The number of esters is 3. The fraction of sp³-hybridized carbons (Fsp3) is 0.905. The molecule has 5 aliphatic rings. The molecule has 320 valence electrons. The van der Waals surface area contributed by atoms with Gasteiger partial charge in [-0.3, -0.25) is 14.4 Å². The van der Waals surface area contributed by atoms with Crippen LogP contribution in [-0.2, 0) is 42.8 Å². The molecule has 5 rings (SSSR count). The zero-order valence-corrected chi connectivity index (χ0v) is 36.9. The van der Waals surface area contributed by atoms with Crippen LogP contribution in [0.2, 0.25) is 0 Å². The molecule has 0 spiro atoms. The first kappa shape index (κ1) is 45.6. The van der Waals surface area contributed by atoms with E-state index < -0.39 is 65.0 Å². The highest BCUT2D eigenvalue weighted by Gasteiger charge is 2.61. The average molecular weight is 851 g/mol. The van der Waals surface area contributed by atoms with Gasteiger partial charge in [0.2, 0.25) is 3.79 Å². The van der Waals surface area contributed by atoms with Crippen LogP contribution in [0.5, 0.6) is 0 Å². The van der Waals surface area contributed by atoms with Crippen LogP contribution in [-0.4, -0.2) is 77.8 Å². The molecule has 56 heavy (non-hydrogen) atoms. The van der Waals surface area contributed by atoms with Crippen LogP contribution in [0.25, 0.3) is 0 Å². The lowest BCUT2D eigenvalue weighted by atomic mass is 9.44. The van der Waals surface area contributed by atoms with Gasteiger partial charge in [-0.05, 0) is 110 Å². The molecule has 0 bridgehead atoms. The third kappa shape index (κ3) is 10.8. The number of fused-ring (bicyclic) bond motifs is 5. The molecule has 0 aromatic carbocycles. The van der Waals surface area contributed by atoms with E-state index in [0.29, 0.717) is 17.3 Å². The summed E-state index contributed by atoms with van der Waals surface area (Å²) in [6.45, 7) is 15.1. The van der Waals surface area contributed by atoms with Crippen molar-refractivity contribution >= 4 is 58.8 Å². The van der Waals surface area contributed by atoms with Gasteiger partial charge in [0.25, 0.3) is 0 Å². The van der Waals surface area contributed by atoms with Crippen molar-refractivity contribution in [1.29, 1.82) is 0 Å². The van der Waals surface area contributed by atoms with Crippen molar-refractivity contribution < 1.29 is 47.6 Å². The molecule has 1 saturated heterocycles. The Balaban J connectivity index is 1.32. The number of ether oxygens (including phenoxy) is 6. The smallest absolute Gasteiger partial charge is 0.407 e. The van der Waals surface area contributed by atoms with E-state index in [2.05, 4.69) is 39.9 Å². The minimum Gasteiger partial charge on any atom is -0.463 e. The van der Waals surface area contributed by atoms with E-state index in [4.69, 9.17) is 63.2 Å². The maximum absolute atomic E-state index is 13.1. The Labute approximate surface area is 348 Å². The lowest BCUT2D eigenvalue weighted by molar-refractivity contribution is -0.293. The monoisotopic (exact) mass is 849 g/mol. The van der Waals surface area contributed by atoms with Gasteiger partial charge in [-0.1, -0.05) is 88.7 Å². The number of alkyl halides is 3. The first-order valence-electron chi connectivity index (χ1n) is 21.0. The van der Waals surface area contributed by atoms with Gasteiger partial charge in [-0.25, -0.2) is 4.79 Å². The van der Waals surface area contributed by atoms with Crippen LogP contribution in [0.15, 0.2) is 0 Å². The maximum atomic E-state index is 13.1. The normalized spacial score (nSPS) is 38.7. The summed E-state index contributed by atoms with van der Waals surface area (Å²) < 4.78 is 33.0. The number of halogens is 3. The van der Waals surface area contributed by atoms with E-state index in [1.165, 1.54) is 72.1 Å². The summed E-state index contributed by atoms with van der Waals surface area (Å²) in [6.07, 6.45) is 8.15. The minimum atomic E-state index is -1.88. The van der Waals surface area contributed by atoms with Crippen molar-refractivity contribution in [2.24, 2.45) is 52.3 Å². The van der Waals surface area contributed by atoms with Crippen LogP contribution < -0.4 is 5.32 Å². The summed E-state index contributed by atoms with van der Waals surface area (Å²) >= 11 is 17.5. The van der Waals surface area contributed by atoms with Crippen molar-refractivity contribution in [3.8, 4) is 0 Å². The molecule has 11 nitrogen and oxygen atoms in total. The Morgan fingerprint density at radius 3 is 2.11 bits per heavy atom. The Bertz CT molecular complexity index is 1390.